The van der Waals surface area contributed by atoms with Gasteiger partial charge in [0, 0.05) is 28.8 Å². The van der Waals surface area contributed by atoms with E-state index in [1.54, 1.807) is 0 Å². The normalized spacial score (nSPS) is 19.0. The second-order valence-electron chi connectivity index (χ2n) is 6.03. The van der Waals surface area contributed by atoms with E-state index in [9.17, 15) is 5.11 Å². The van der Waals surface area contributed by atoms with E-state index in [4.69, 9.17) is 0 Å². The molecule has 0 aliphatic heterocycles. The first-order chi connectivity index (χ1) is 10.0. The third-order valence-electron chi connectivity index (χ3n) is 3.85. The van der Waals surface area contributed by atoms with Crippen LogP contribution in [0.1, 0.15) is 42.9 Å². The predicted octanol–water partition coefficient (Wildman–Crippen LogP) is 2.46. The zero-order chi connectivity index (χ0) is 15.3. The highest BCUT2D eigenvalue weighted by molar-refractivity contribution is 7.11. The summed E-state index contributed by atoms with van der Waals surface area (Å²) in [5.41, 5.74) is -0.559. The minimum absolute atomic E-state index is 0.317. The van der Waals surface area contributed by atoms with Gasteiger partial charge in [0.25, 0.3) is 0 Å². The number of guanidine groups is 1. The minimum Gasteiger partial charge on any atom is -0.388 e. The molecule has 0 radical (unpaired) electrons. The van der Waals surface area contributed by atoms with Gasteiger partial charge in [-0.25, -0.2) is 0 Å². The van der Waals surface area contributed by atoms with E-state index in [-0.39, 0.29) is 0 Å². The van der Waals surface area contributed by atoms with Crippen LogP contribution in [0.25, 0.3) is 0 Å². The van der Waals surface area contributed by atoms with Crippen LogP contribution in [0.5, 0.6) is 0 Å². The second kappa shape index (κ2) is 7.27. The highest BCUT2D eigenvalue weighted by Crippen LogP contribution is 2.31. The van der Waals surface area contributed by atoms with E-state index in [2.05, 4.69) is 48.5 Å². The summed E-state index contributed by atoms with van der Waals surface area (Å²) in [6.07, 6.45) is 3.86. The zero-order valence-electron chi connectivity index (χ0n) is 13.3. The molecule has 0 saturated heterocycles. The number of aliphatic imine (C=N–C) groups is 1. The molecule has 1 aliphatic rings. The molecule has 1 aromatic rings. The van der Waals surface area contributed by atoms with Gasteiger partial charge in [-0.05, 0) is 52.2 Å². The Balaban J connectivity index is 1.87. The van der Waals surface area contributed by atoms with Gasteiger partial charge in [0.05, 0.1) is 12.1 Å². The SMILES string of the molecule is CCNC(=NCC1(O)CCC1)NC(C)Cc1ccc(C)s1. The maximum Gasteiger partial charge on any atom is 0.191 e. The van der Waals surface area contributed by atoms with Gasteiger partial charge >= 0.3 is 0 Å². The van der Waals surface area contributed by atoms with Crippen LogP contribution in [0.15, 0.2) is 17.1 Å². The Hall–Kier alpha value is -1.07. The summed E-state index contributed by atoms with van der Waals surface area (Å²) in [4.78, 5) is 7.28. The Kier molecular flexibility index (Phi) is 5.65. The molecule has 0 amide bonds. The lowest BCUT2D eigenvalue weighted by Gasteiger charge is -2.35. The molecular weight excluding hydrogens is 282 g/mol. The molecule has 1 aromatic heterocycles. The van der Waals surface area contributed by atoms with Crippen molar-refractivity contribution in [3.8, 4) is 0 Å². The quantitative estimate of drug-likeness (QED) is 0.559. The van der Waals surface area contributed by atoms with Gasteiger partial charge in [-0.15, -0.1) is 11.3 Å². The third-order valence-corrected chi connectivity index (χ3v) is 4.87. The van der Waals surface area contributed by atoms with Crippen molar-refractivity contribution in [2.24, 2.45) is 4.99 Å². The molecule has 21 heavy (non-hydrogen) atoms. The molecule has 2 rings (SSSR count). The number of aryl methyl sites for hydroxylation is 1. The lowest BCUT2D eigenvalue weighted by Crippen LogP contribution is -2.45. The Morgan fingerprint density at radius 2 is 2.24 bits per heavy atom. The maximum absolute atomic E-state index is 10.1. The van der Waals surface area contributed by atoms with Crippen molar-refractivity contribution < 1.29 is 5.11 Å². The summed E-state index contributed by atoms with van der Waals surface area (Å²) >= 11 is 1.85. The first kappa shape index (κ1) is 16.3. The van der Waals surface area contributed by atoms with E-state index in [1.165, 1.54) is 9.75 Å². The molecular formula is C16H27N3OS. The standard InChI is InChI=1S/C16H27N3OS/c1-4-17-15(18-11-16(20)8-5-9-16)19-12(2)10-14-7-6-13(3)21-14/h6-7,12,20H,4-5,8-11H2,1-3H3,(H2,17,18,19). The Morgan fingerprint density at radius 3 is 2.76 bits per heavy atom. The van der Waals surface area contributed by atoms with Crippen LogP contribution in [0.4, 0.5) is 0 Å². The fraction of sp³-hybridized carbons (Fsp3) is 0.688. The lowest BCUT2D eigenvalue weighted by molar-refractivity contribution is -0.0236. The summed E-state index contributed by atoms with van der Waals surface area (Å²) in [5.74, 6) is 0.804. The van der Waals surface area contributed by atoms with E-state index in [1.807, 2.05) is 11.3 Å². The van der Waals surface area contributed by atoms with Crippen molar-refractivity contribution >= 4 is 17.3 Å². The summed E-state index contributed by atoms with van der Waals surface area (Å²) in [6, 6.07) is 4.68. The van der Waals surface area contributed by atoms with Crippen LogP contribution in [0.2, 0.25) is 0 Å². The van der Waals surface area contributed by atoms with E-state index in [0.717, 1.165) is 38.2 Å². The number of rotatable bonds is 6. The van der Waals surface area contributed by atoms with Gasteiger partial charge in [0.2, 0.25) is 0 Å². The topological polar surface area (TPSA) is 56.7 Å². The Morgan fingerprint density at radius 1 is 1.48 bits per heavy atom. The average molecular weight is 309 g/mol. The molecule has 1 unspecified atom stereocenters. The number of hydrogen-bond acceptors (Lipinski definition) is 3. The third kappa shape index (κ3) is 5.00. The van der Waals surface area contributed by atoms with E-state index in [0.29, 0.717) is 12.6 Å². The molecule has 0 aromatic carbocycles. The average Bonchev–Trinajstić information content (AvgIpc) is 2.79. The molecule has 0 bridgehead atoms. The monoisotopic (exact) mass is 309 g/mol. The van der Waals surface area contributed by atoms with Gasteiger partial charge in [-0.2, -0.15) is 0 Å². The molecule has 4 nitrogen and oxygen atoms in total. The van der Waals surface area contributed by atoms with Crippen LogP contribution >= 0.6 is 11.3 Å². The van der Waals surface area contributed by atoms with Gasteiger partial charge in [-0.3, -0.25) is 4.99 Å². The first-order valence-electron chi connectivity index (χ1n) is 7.83. The summed E-state index contributed by atoms with van der Waals surface area (Å²) in [7, 11) is 0. The number of hydrogen-bond donors (Lipinski definition) is 3. The Labute approximate surface area is 131 Å². The zero-order valence-corrected chi connectivity index (χ0v) is 14.1. The van der Waals surface area contributed by atoms with Gasteiger partial charge < -0.3 is 15.7 Å². The number of nitrogens with one attached hydrogen (secondary N) is 2. The van der Waals surface area contributed by atoms with Crippen LogP contribution in [-0.4, -0.2) is 35.8 Å². The van der Waals surface area contributed by atoms with Crippen LogP contribution in [0, 0.1) is 6.92 Å². The highest BCUT2D eigenvalue weighted by Gasteiger charge is 2.34. The minimum atomic E-state index is -0.559. The number of thiophene rings is 1. The van der Waals surface area contributed by atoms with Gasteiger partial charge in [-0.1, -0.05) is 0 Å². The van der Waals surface area contributed by atoms with Crippen LogP contribution in [0.3, 0.4) is 0 Å². The number of nitrogens with zero attached hydrogens (tertiary/aromatic N) is 1. The fourth-order valence-corrected chi connectivity index (χ4v) is 3.49. The molecule has 1 fully saturated rings. The Bertz CT molecular complexity index is 480. The molecule has 1 atom stereocenters. The van der Waals surface area contributed by atoms with Crippen LogP contribution < -0.4 is 10.6 Å². The van der Waals surface area contributed by atoms with E-state index >= 15 is 0 Å². The van der Waals surface area contributed by atoms with Crippen molar-refractivity contribution in [3.05, 3.63) is 21.9 Å². The fourth-order valence-electron chi connectivity index (χ4n) is 2.47. The van der Waals surface area contributed by atoms with Crippen LogP contribution in [-0.2, 0) is 6.42 Å². The van der Waals surface area contributed by atoms with Crippen molar-refractivity contribution in [1.82, 2.24) is 10.6 Å². The van der Waals surface area contributed by atoms with E-state index < -0.39 is 5.60 Å². The van der Waals surface area contributed by atoms with Gasteiger partial charge in [0.15, 0.2) is 5.96 Å². The predicted molar refractivity (Wildman–Crippen MR) is 90.1 cm³/mol. The largest absolute Gasteiger partial charge is 0.388 e. The molecule has 3 N–H and O–H groups in total. The molecule has 1 aliphatic carbocycles. The smallest absolute Gasteiger partial charge is 0.191 e. The van der Waals surface area contributed by atoms with Crippen molar-refractivity contribution in [3.63, 3.8) is 0 Å². The van der Waals surface area contributed by atoms with Crippen molar-refractivity contribution in [1.29, 1.82) is 0 Å². The van der Waals surface area contributed by atoms with Crippen molar-refractivity contribution in [2.75, 3.05) is 13.1 Å². The summed E-state index contributed by atoms with van der Waals surface area (Å²) < 4.78 is 0. The lowest BCUT2D eigenvalue weighted by atomic mass is 9.80. The highest BCUT2D eigenvalue weighted by atomic mass is 32.1. The van der Waals surface area contributed by atoms with Crippen molar-refractivity contribution in [2.45, 2.75) is 58.1 Å². The molecule has 1 saturated carbocycles. The summed E-state index contributed by atoms with van der Waals surface area (Å²) in [5, 5.41) is 16.8. The molecule has 0 spiro atoms. The second-order valence-corrected chi connectivity index (χ2v) is 7.41. The maximum atomic E-state index is 10.1. The molecule has 1 heterocycles. The number of aliphatic hydroxyl groups is 1. The molecule has 118 valence electrons. The summed E-state index contributed by atoms with van der Waals surface area (Å²) in [6.45, 7) is 7.68. The molecule has 5 heteroatoms. The van der Waals surface area contributed by atoms with Gasteiger partial charge in [0.1, 0.15) is 0 Å². The first-order valence-corrected chi connectivity index (χ1v) is 8.65.